The zero-order valence-electron chi connectivity index (χ0n) is 11.9. The lowest BCUT2D eigenvalue weighted by Crippen LogP contribution is -2.10. The average Bonchev–Trinajstić information content (AvgIpc) is 3.24. The van der Waals surface area contributed by atoms with Gasteiger partial charge in [-0.2, -0.15) is 0 Å². The number of rotatable bonds is 3. The first-order chi connectivity index (χ1) is 10.8. The molecule has 3 nitrogen and oxygen atoms in total. The van der Waals surface area contributed by atoms with Gasteiger partial charge < -0.3 is 4.90 Å². The van der Waals surface area contributed by atoms with Crippen LogP contribution in [0, 0.1) is 0 Å². The summed E-state index contributed by atoms with van der Waals surface area (Å²) >= 11 is 3.37. The standard InChI is InChI=1S/C17H13N3S2/c1-20(14-8-5-9-21-14)16-15-13(12-6-3-2-4-7-12)10-22-17(15)19-11-18-16/h2-11H,1H3. The van der Waals surface area contributed by atoms with Crippen LogP contribution in [0.3, 0.4) is 0 Å². The van der Waals surface area contributed by atoms with Crippen LogP contribution in [-0.2, 0) is 0 Å². The topological polar surface area (TPSA) is 29.0 Å². The van der Waals surface area contributed by atoms with E-state index in [0.29, 0.717) is 0 Å². The highest BCUT2D eigenvalue weighted by Gasteiger charge is 2.16. The highest BCUT2D eigenvalue weighted by atomic mass is 32.1. The molecule has 0 atom stereocenters. The van der Waals surface area contributed by atoms with Gasteiger partial charge in [0, 0.05) is 18.0 Å². The van der Waals surface area contributed by atoms with Crippen molar-refractivity contribution in [3.63, 3.8) is 0 Å². The van der Waals surface area contributed by atoms with Gasteiger partial charge in [0.1, 0.15) is 17.0 Å². The molecule has 0 amide bonds. The Balaban J connectivity index is 1.94. The van der Waals surface area contributed by atoms with Crippen LogP contribution >= 0.6 is 22.7 Å². The van der Waals surface area contributed by atoms with Crippen LogP contribution in [0.4, 0.5) is 10.8 Å². The number of thiophene rings is 2. The largest absolute Gasteiger partial charge is 0.320 e. The quantitative estimate of drug-likeness (QED) is 0.519. The summed E-state index contributed by atoms with van der Waals surface area (Å²) in [6.45, 7) is 0. The highest BCUT2D eigenvalue weighted by molar-refractivity contribution is 7.17. The van der Waals surface area contributed by atoms with Crippen molar-refractivity contribution in [2.24, 2.45) is 0 Å². The van der Waals surface area contributed by atoms with Crippen molar-refractivity contribution in [3.05, 3.63) is 59.6 Å². The average molecular weight is 323 g/mol. The molecule has 0 aliphatic rings. The van der Waals surface area contributed by atoms with E-state index in [1.54, 1.807) is 29.0 Å². The molecule has 0 saturated heterocycles. The summed E-state index contributed by atoms with van der Waals surface area (Å²) in [5.41, 5.74) is 2.39. The summed E-state index contributed by atoms with van der Waals surface area (Å²) in [6.07, 6.45) is 1.65. The lowest BCUT2D eigenvalue weighted by atomic mass is 10.1. The van der Waals surface area contributed by atoms with Gasteiger partial charge in [0.2, 0.25) is 0 Å². The predicted molar refractivity (Wildman–Crippen MR) is 95.2 cm³/mol. The zero-order chi connectivity index (χ0) is 14.9. The van der Waals surface area contributed by atoms with Crippen LogP contribution in [0.5, 0.6) is 0 Å². The second-order valence-electron chi connectivity index (χ2n) is 4.90. The maximum Gasteiger partial charge on any atom is 0.146 e. The Morgan fingerprint density at radius 2 is 1.82 bits per heavy atom. The molecule has 0 spiro atoms. The molecule has 5 heteroatoms. The maximum absolute atomic E-state index is 4.55. The van der Waals surface area contributed by atoms with E-state index in [0.717, 1.165) is 16.0 Å². The first kappa shape index (κ1) is 13.4. The minimum atomic E-state index is 0.951. The maximum atomic E-state index is 4.55. The van der Waals surface area contributed by atoms with Gasteiger partial charge >= 0.3 is 0 Å². The molecule has 1 aromatic carbocycles. The minimum Gasteiger partial charge on any atom is -0.320 e. The van der Waals surface area contributed by atoms with Gasteiger partial charge in [0.15, 0.2) is 0 Å². The molecule has 0 fully saturated rings. The number of anilines is 2. The Morgan fingerprint density at radius 3 is 2.59 bits per heavy atom. The normalized spacial score (nSPS) is 11.0. The van der Waals surface area contributed by atoms with Crippen LogP contribution in [0.2, 0.25) is 0 Å². The molecule has 0 unspecified atom stereocenters. The van der Waals surface area contributed by atoms with E-state index in [9.17, 15) is 0 Å². The lowest BCUT2D eigenvalue weighted by Gasteiger charge is -2.17. The van der Waals surface area contributed by atoms with Crippen molar-refractivity contribution in [2.75, 3.05) is 11.9 Å². The fraction of sp³-hybridized carbons (Fsp3) is 0.0588. The van der Waals surface area contributed by atoms with E-state index < -0.39 is 0 Å². The molecule has 22 heavy (non-hydrogen) atoms. The summed E-state index contributed by atoms with van der Waals surface area (Å²) < 4.78 is 0. The lowest BCUT2D eigenvalue weighted by molar-refractivity contribution is 1.13. The van der Waals surface area contributed by atoms with Crippen molar-refractivity contribution in [3.8, 4) is 11.1 Å². The fourth-order valence-electron chi connectivity index (χ4n) is 2.51. The van der Waals surface area contributed by atoms with Gasteiger partial charge in [-0.15, -0.1) is 22.7 Å². The molecular formula is C17H13N3S2. The van der Waals surface area contributed by atoms with Gasteiger partial charge in [0.05, 0.1) is 10.4 Å². The summed E-state index contributed by atoms with van der Waals surface area (Å²) in [5, 5.41) is 6.54. The van der Waals surface area contributed by atoms with E-state index in [1.165, 1.54) is 16.1 Å². The van der Waals surface area contributed by atoms with E-state index >= 15 is 0 Å². The van der Waals surface area contributed by atoms with Crippen molar-refractivity contribution >= 4 is 43.7 Å². The molecule has 3 heterocycles. The van der Waals surface area contributed by atoms with Crippen molar-refractivity contribution in [2.45, 2.75) is 0 Å². The Morgan fingerprint density at radius 1 is 0.955 bits per heavy atom. The third kappa shape index (κ3) is 2.19. The number of benzene rings is 1. The van der Waals surface area contributed by atoms with Crippen LogP contribution < -0.4 is 4.90 Å². The van der Waals surface area contributed by atoms with Crippen molar-refractivity contribution in [1.82, 2.24) is 9.97 Å². The monoisotopic (exact) mass is 323 g/mol. The van der Waals surface area contributed by atoms with E-state index in [1.807, 2.05) is 6.07 Å². The molecular weight excluding hydrogens is 310 g/mol. The summed E-state index contributed by atoms with van der Waals surface area (Å²) in [6, 6.07) is 14.6. The van der Waals surface area contributed by atoms with E-state index in [4.69, 9.17) is 0 Å². The minimum absolute atomic E-state index is 0.951. The molecule has 4 rings (SSSR count). The number of fused-ring (bicyclic) bond motifs is 1. The fourth-order valence-corrected chi connectivity index (χ4v) is 4.12. The summed E-state index contributed by atoms with van der Waals surface area (Å²) in [5.74, 6) is 0.951. The second kappa shape index (κ2) is 5.51. The van der Waals surface area contributed by atoms with Crippen LogP contribution in [0.1, 0.15) is 0 Å². The molecule has 0 aliphatic carbocycles. The van der Waals surface area contributed by atoms with Crippen molar-refractivity contribution in [1.29, 1.82) is 0 Å². The molecule has 0 N–H and O–H groups in total. The van der Waals surface area contributed by atoms with Gasteiger partial charge in [0.25, 0.3) is 0 Å². The molecule has 0 saturated carbocycles. The second-order valence-corrected chi connectivity index (χ2v) is 6.69. The summed E-state index contributed by atoms with van der Waals surface area (Å²) in [4.78, 5) is 12.1. The Hall–Kier alpha value is -2.24. The Bertz CT molecular complexity index is 898. The zero-order valence-corrected chi connectivity index (χ0v) is 13.6. The van der Waals surface area contributed by atoms with Gasteiger partial charge in [-0.3, -0.25) is 0 Å². The molecule has 0 bridgehead atoms. The molecule has 108 valence electrons. The first-order valence-electron chi connectivity index (χ1n) is 6.89. The third-order valence-electron chi connectivity index (χ3n) is 3.59. The molecule has 0 aliphatic heterocycles. The third-order valence-corrected chi connectivity index (χ3v) is 5.42. The smallest absolute Gasteiger partial charge is 0.146 e. The SMILES string of the molecule is CN(c1cccs1)c1ncnc2scc(-c3ccccc3)c12. The molecule has 0 radical (unpaired) electrons. The number of hydrogen-bond donors (Lipinski definition) is 0. The van der Waals surface area contributed by atoms with Gasteiger partial charge in [-0.05, 0) is 23.1 Å². The van der Waals surface area contributed by atoms with Crippen molar-refractivity contribution < 1.29 is 0 Å². The summed E-state index contributed by atoms with van der Waals surface area (Å²) in [7, 11) is 2.06. The van der Waals surface area contributed by atoms with Crippen LogP contribution in [-0.4, -0.2) is 17.0 Å². The van der Waals surface area contributed by atoms with Gasteiger partial charge in [-0.25, -0.2) is 9.97 Å². The number of aromatic nitrogens is 2. The van der Waals surface area contributed by atoms with Crippen LogP contribution in [0.15, 0.2) is 59.6 Å². The molecule has 3 aromatic heterocycles. The highest BCUT2D eigenvalue weighted by Crippen LogP contribution is 2.39. The Labute approximate surface area is 136 Å². The van der Waals surface area contributed by atoms with E-state index in [-0.39, 0.29) is 0 Å². The predicted octanol–water partition coefficient (Wildman–Crippen LogP) is 5.19. The number of hydrogen-bond acceptors (Lipinski definition) is 5. The van der Waals surface area contributed by atoms with Gasteiger partial charge in [-0.1, -0.05) is 30.3 Å². The van der Waals surface area contributed by atoms with Crippen LogP contribution in [0.25, 0.3) is 21.3 Å². The molecule has 4 aromatic rings. The van der Waals surface area contributed by atoms with E-state index in [2.05, 4.69) is 69.1 Å². The Kier molecular flexibility index (Phi) is 3.36. The first-order valence-corrected chi connectivity index (χ1v) is 8.65. The number of nitrogens with zero attached hydrogens (tertiary/aromatic N) is 3.